The fourth-order valence-electron chi connectivity index (χ4n) is 3.73. The molecule has 2 rings (SSSR count). The van der Waals surface area contributed by atoms with Gasteiger partial charge in [0.2, 0.25) is 0 Å². The lowest BCUT2D eigenvalue weighted by Gasteiger charge is -2.36. The van der Waals surface area contributed by atoms with Gasteiger partial charge in [0.25, 0.3) is 0 Å². The molecule has 25 heavy (non-hydrogen) atoms. The Morgan fingerprint density at radius 1 is 1.08 bits per heavy atom. The van der Waals surface area contributed by atoms with Gasteiger partial charge in [0.15, 0.2) is 5.96 Å². The van der Waals surface area contributed by atoms with Gasteiger partial charge in [-0.25, -0.2) is 0 Å². The number of likely N-dealkylation sites (tertiary alicyclic amines) is 1. The van der Waals surface area contributed by atoms with Crippen molar-refractivity contribution >= 4 is 29.9 Å². The number of guanidine groups is 1. The number of hydrogen-bond acceptors (Lipinski definition) is 3. The third-order valence-electron chi connectivity index (χ3n) is 5.52. The van der Waals surface area contributed by atoms with Gasteiger partial charge >= 0.3 is 0 Å². The van der Waals surface area contributed by atoms with E-state index in [1.54, 1.807) is 0 Å². The molecule has 5 nitrogen and oxygen atoms in total. The molecule has 0 aromatic rings. The number of aliphatic imine (C=N–C) groups is 1. The average molecular weight is 466 g/mol. The van der Waals surface area contributed by atoms with Crippen LogP contribution in [0.4, 0.5) is 0 Å². The third kappa shape index (κ3) is 7.59. The van der Waals surface area contributed by atoms with Gasteiger partial charge in [-0.15, -0.1) is 24.0 Å². The second-order valence-corrected chi connectivity index (χ2v) is 7.92. The quantitative estimate of drug-likeness (QED) is 0.307. The van der Waals surface area contributed by atoms with E-state index >= 15 is 0 Å². The summed E-state index contributed by atoms with van der Waals surface area (Å²) in [5.41, 5.74) is -0.551. The molecule has 0 amide bonds. The highest BCUT2D eigenvalue weighted by atomic mass is 127. The van der Waals surface area contributed by atoms with E-state index in [0.29, 0.717) is 18.5 Å². The van der Waals surface area contributed by atoms with Gasteiger partial charge in [0.1, 0.15) is 0 Å². The Morgan fingerprint density at radius 2 is 1.72 bits per heavy atom. The largest absolute Gasteiger partial charge is 0.388 e. The summed E-state index contributed by atoms with van der Waals surface area (Å²) in [6, 6.07) is 0.541. The Bertz CT molecular complexity index is 391. The van der Waals surface area contributed by atoms with Crippen molar-refractivity contribution in [3.05, 3.63) is 0 Å². The van der Waals surface area contributed by atoms with Gasteiger partial charge < -0.3 is 15.7 Å². The van der Waals surface area contributed by atoms with Crippen molar-refractivity contribution in [1.29, 1.82) is 0 Å². The molecule has 0 aromatic heterocycles. The summed E-state index contributed by atoms with van der Waals surface area (Å²) in [5.74, 6) is 1.47. The van der Waals surface area contributed by atoms with Crippen LogP contribution in [0, 0.1) is 5.92 Å². The topological polar surface area (TPSA) is 59.9 Å². The monoisotopic (exact) mass is 466 g/mol. The Labute approximate surface area is 171 Å². The average Bonchev–Trinajstić information content (AvgIpc) is 2.79. The number of rotatable bonds is 7. The first-order valence-electron chi connectivity index (χ1n) is 10.0. The molecule has 3 N–H and O–H groups in total. The normalized spacial score (nSPS) is 22.5. The lowest BCUT2D eigenvalue weighted by atomic mass is 9.80. The standard InChI is InChI=1S/C19H38N4O.HI/c1-4-20-18(22-15-19(24)10-9-11-19)21-14-17(16(2)3)23-12-7-5-6-8-13-23;/h16-17,24H,4-15H2,1-3H3,(H2,20,21,22);1H. The van der Waals surface area contributed by atoms with Crippen LogP contribution in [0.25, 0.3) is 0 Å². The van der Waals surface area contributed by atoms with Crippen LogP contribution in [-0.4, -0.2) is 60.3 Å². The Hall–Kier alpha value is -0.0800. The van der Waals surface area contributed by atoms with Crippen LogP contribution in [0.2, 0.25) is 0 Å². The first-order chi connectivity index (χ1) is 11.5. The van der Waals surface area contributed by atoms with Crippen LogP contribution < -0.4 is 10.6 Å². The maximum atomic E-state index is 10.3. The fourth-order valence-corrected chi connectivity index (χ4v) is 3.73. The molecule has 0 spiro atoms. The molecule has 1 heterocycles. The second-order valence-electron chi connectivity index (χ2n) is 7.92. The van der Waals surface area contributed by atoms with Crippen LogP contribution in [-0.2, 0) is 0 Å². The molecule has 6 heteroatoms. The van der Waals surface area contributed by atoms with Crippen molar-refractivity contribution in [3.63, 3.8) is 0 Å². The van der Waals surface area contributed by atoms with E-state index < -0.39 is 5.60 Å². The Kier molecular flexibility index (Phi) is 10.6. The molecule has 0 bridgehead atoms. The molecule has 1 saturated heterocycles. The molecule has 1 saturated carbocycles. The summed E-state index contributed by atoms with van der Waals surface area (Å²) >= 11 is 0. The molecule has 1 unspecified atom stereocenters. The van der Waals surface area contributed by atoms with E-state index in [2.05, 4.69) is 41.3 Å². The summed E-state index contributed by atoms with van der Waals surface area (Å²) < 4.78 is 0. The lowest BCUT2D eigenvalue weighted by molar-refractivity contribution is -0.0236. The van der Waals surface area contributed by atoms with Crippen molar-refractivity contribution in [3.8, 4) is 0 Å². The summed E-state index contributed by atoms with van der Waals surface area (Å²) in [7, 11) is 0. The molecule has 148 valence electrons. The zero-order valence-electron chi connectivity index (χ0n) is 16.4. The lowest BCUT2D eigenvalue weighted by Crippen LogP contribution is -2.50. The molecular weight excluding hydrogens is 427 g/mol. The number of nitrogens with zero attached hydrogens (tertiary/aromatic N) is 2. The van der Waals surface area contributed by atoms with Crippen molar-refractivity contribution in [2.24, 2.45) is 10.9 Å². The maximum Gasteiger partial charge on any atom is 0.191 e. The summed E-state index contributed by atoms with van der Waals surface area (Å²) in [6.07, 6.45) is 8.29. The zero-order valence-corrected chi connectivity index (χ0v) is 18.7. The van der Waals surface area contributed by atoms with Gasteiger partial charge in [-0.3, -0.25) is 9.89 Å². The number of aliphatic hydroxyl groups is 1. The summed E-state index contributed by atoms with van der Waals surface area (Å²) in [4.78, 5) is 7.29. The molecule has 0 aromatic carbocycles. The molecule has 1 aliphatic carbocycles. The second kappa shape index (κ2) is 11.6. The first-order valence-corrected chi connectivity index (χ1v) is 10.0. The van der Waals surface area contributed by atoms with Crippen LogP contribution in [0.15, 0.2) is 4.99 Å². The molecule has 2 fully saturated rings. The molecule has 1 atom stereocenters. The van der Waals surface area contributed by atoms with Gasteiger partial charge in [-0.1, -0.05) is 26.7 Å². The van der Waals surface area contributed by atoms with Gasteiger partial charge in [-0.05, 0) is 58.0 Å². The summed E-state index contributed by atoms with van der Waals surface area (Å²) in [6.45, 7) is 11.4. The van der Waals surface area contributed by atoms with Gasteiger partial charge in [0, 0.05) is 19.1 Å². The van der Waals surface area contributed by atoms with E-state index in [1.165, 1.54) is 38.8 Å². The van der Waals surface area contributed by atoms with Crippen LogP contribution >= 0.6 is 24.0 Å². The van der Waals surface area contributed by atoms with Crippen molar-refractivity contribution in [2.75, 3.05) is 32.7 Å². The minimum atomic E-state index is -0.551. The highest BCUT2D eigenvalue weighted by Gasteiger charge is 2.34. The smallest absolute Gasteiger partial charge is 0.191 e. The first kappa shape index (κ1) is 23.0. The van der Waals surface area contributed by atoms with E-state index in [0.717, 1.165) is 38.3 Å². The number of hydrogen-bond donors (Lipinski definition) is 3. The van der Waals surface area contributed by atoms with Gasteiger partial charge in [0.05, 0.1) is 12.1 Å². The van der Waals surface area contributed by atoms with Crippen molar-refractivity contribution in [2.45, 2.75) is 77.4 Å². The number of nitrogens with one attached hydrogen (secondary N) is 2. The van der Waals surface area contributed by atoms with Crippen LogP contribution in [0.1, 0.15) is 65.7 Å². The highest BCUT2D eigenvalue weighted by Crippen LogP contribution is 2.31. The molecule has 1 aliphatic heterocycles. The van der Waals surface area contributed by atoms with Crippen LogP contribution in [0.3, 0.4) is 0 Å². The van der Waals surface area contributed by atoms with E-state index in [9.17, 15) is 5.11 Å². The van der Waals surface area contributed by atoms with Gasteiger partial charge in [-0.2, -0.15) is 0 Å². The van der Waals surface area contributed by atoms with E-state index in [1.807, 2.05) is 0 Å². The predicted molar refractivity (Wildman–Crippen MR) is 117 cm³/mol. The minimum absolute atomic E-state index is 0. The molecule has 0 radical (unpaired) electrons. The van der Waals surface area contributed by atoms with E-state index in [-0.39, 0.29) is 24.0 Å². The van der Waals surface area contributed by atoms with Crippen molar-refractivity contribution < 1.29 is 5.11 Å². The Balaban J connectivity index is 0.00000312. The fraction of sp³-hybridized carbons (Fsp3) is 0.947. The molecular formula is C19H39IN4O. The summed E-state index contributed by atoms with van der Waals surface area (Å²) in [5, 5.41) is 17.1. The minimum Gasteiger partial charge on any atom is -0.388 e. The highest BCUT2D eigenvalue weighted by molar-refractivity contribution is 14.0. The Morgan fingerprint density at radius 3 is 2.20 bits per heavy atom. The SMILES string of the molecule is CCNC(=NCC1(O)CCC1)NCC(C(C)C)N1CCCCCC1.I. The van der Waals surface area contributed by atoms with E-state index in [4.69, 9.17) is 0 Å². The number of halogens is 1. The third-order valence-corrected chi connectivity index (χ3v) is 5.52. The van der Waals surface area contributed by atoms with Crippen LogP contribution in [0.5, 0.6) is 0 Å². The van der Waals surface area contributed by atoms with Crippen molar-refractivity contribution in [1.82, 2.24) is 15.5 Å². The molecule has 2 aliphatic rings. The maximum absolute atomic E-state index is 10.3. The predicted octanol–water partition coefficient (Wildman–Crippen LogP) is 2.98. The zero-order chi connectivity index (χ0) is 17.4.